The number of carbonyl (C=O) groups excluding carboxylic acids is 2. The smallest absolute Gasteiger partial charge is 0.355 e. The summed E-state index contributed by atoms with van der Waals surface area (Å²) in [6.45, 7) is 3.88. The molecule has 0 spiro atoms. The quantitative estimate of drug-likeness (QED) is 0.429. The van der Waals surface area contributed by atoms with Crippen LogP contribution >= 0.6 is 0 Å². The maximum absolute atomic E-state index is 13.5. The zero-order valence-corrected chi connectivity index (χ0v) is 19.3. The average Bonchev–Trinajstić information content (AvgIpc) is 2.89. The number of hydrogen-bond acceptors (Lipinski definition) is 5. The fourth-order valence-corrected chi connectivity index (χ4v) is 4.14. The topological polar surface area (TPSA) is 55.8 Å². The van der Waals surface area contributed by atoms with Gasteiger partial charge in [0.25, 0.3) is 0 Å². The minimum atomic E-state index is -0.572. The molecule has 172 valence electrons. The monoisotopic (exact) mass is 453 g/mol. The molecule has 3 aromatic rings. The van der Waals surface area contributed by atoms with E-state index in [0.29, 0.717) is 0 Å². The molecule has 1 aliphatic heterocycles. The lowest BCUT2D eigenvalue weighted by atomic mass is 9.84. The van der Waals surface area contributed by atoms with Gasteiger partial charge in [0.1, 0.15) is 5.70 Å². The van der Waals surface area contributed by atoms with Gasteiger partial charge in [-0.05, 0) is 43.2 Å². The molecular formula is C29H27NO4. The molecule has 1 aliphatic rings. The van der Waals surface area contributed by atoms with E-state index in [1.54, 1.807) is 18.7 Å². The number of ether oxygens (including phenoxy) is 2. The minimum Gasteiger partial charge on any atom is -0.463 e. The number of hydrogen-bond donors (Lipinski definition) is 0. The average molecular weight is 454 g/mol. The lowest BCUT2D eigenvalue weighted by Crippen LogP contribution is -2.36. The van der Waals surface area contributed by atoms with E-state index in [4.69, 9.17) is 9.47 Å². The predicted molar refractivity (Wildman–Crippen MR) is 133 cm³/mol. The van der Waals surface area contributed by atoms with Gasteiger partial charge in [0.05, 0.1) is 24.5 Å². The molecule has 5 nitrogen and oxygen atoms in total. The molecule has 0 saturated carbocycles. The number of para-hydroxylation sites is 1. The van der Waals surface area contributed by atoms with Gasteiger partial charge in [-0.15, -0.1) is 0 Å². The van der Waals surface area contributed by atoms with Gasteiger partial charge in [-0.25, -0.2) is 9.59 Å². The van der Waals surface area contributed by atoms with Crippen LogP contribution < -0.4 is 4.90 Å². The molecule has 34 heavy (non-hydrogen) atoms. The highest BCUT2D eigenvalue weighted by Gasteiger charge is 2.39. The Morgan fingerprint density at radius 2 is 1.26 bits per heavy atom. The Morgan fingerprint density at radius 1 is 0.735 bits per heavy atom. The van der Waals surface area contributed by atoms with Crippen LogP contribution in [0.2, 0.25) is 0 Å². The summed E-state index contributed by atoms with van der Waals surface area (Å²) in [5.74, 6) is -1.60. The van der Waals surface area contributed by atoms with Gasteiger partial charge in [0.2, 0.25) is 0 Å². The molecule has 0 fully saturated rings. The Bertz CT molecular complexity index is 1200. The Morgan fingerprint density at radius 3 is 1.85 bits per heavy atom. The lowest BCUT2D eigenvalue weighted by Gasteiger charge is -2.36. The van der Waals surface area contributed by atoms with Crippen LogP contribution in [0.25, 0.3) is 5.70 Å². The van der Waals surface area contributed by atoms with Gasteiger partial charge in [-0.2, -0.15) is 0 Å². The van der Waals surface area contributed by atoms with E-state index in [2.05, 4.69) is 0 Å². The first-order chi connectivity index (χ1) is 16.7. The van der Waals surface area contributed by atoms with Crippen LogP contribution in [0, 0.1) is 0 Å². The third-order valence-electron chi connectivity index (χ3n) is 5.56. The van der Waals surface area contributed by atoms with Crippen molar-refractivity contribution in [3.8, 4) is 0 Å². The molecule has 0 saturated heterocycles. The van der Waals surface area contributed by atoms with E-state index in [-0.39, 0.29) is 24.5 Å². The van der Waals surface area contributed by atoms with E-state index < -0.39 is 17.9 Å². The molecule has 1 heterocycles. The SMILES string of the molecule is CCOC(=O)C1=C(C(=O)OCC)N(c2ccccc2)C(c2ccccc2)=CC1c1ccccc1. The molecule has 0 radical (unpaired) electrons. The molecule has 0 aromatic heterocycles. The van der Waals surface area contributed by atoms with Gasteiger partial charge < -0.3 is 14.4 Å². The number of anilines is 1. The summed E-state index contributed by atoms with van der Waals surface area (Å²) in [6.07, 6.45) is 2.02. The van der Waals surface area contributed by atoms with Crippen LogP contribution in [-0.2, 0) is 19.1 Å². The summed E-state index contributed by atoms with van der Waals surface area (Å²) in [5.41, 5.74) is 3.76. The van der Waals surface area contributed by atoms with Crippen molar-refractivity contribution in [3.05, 3.63) is 119 Å². The van der Waals surface area contributed by atoms with Crippen LogP contribution in [0.4, 0.5) is 5.69 Å². The fourth-order valence-electron chi connectivity index (χ4n) is 4.14. The molecular weight excluding hydrogens is 426 g/mol. The first-order valence-corrected chi connectivity index (χ1v) is 11.4. The van der Waals surface area contributed by atoms with Gasteiger partial charge in [0.15, 0.2) is 0 Å². The van der Waals surface area contributed by atoms with Crippen LogP contribution in [0.5, 0.6) is 0 Å². The number of benzene rings is 3. The van der Waals surface area contributed by atoms with Crippen molar-refractivity contribution >= 4 is 23.3 Å². The van der Waals surface area contributed by atoms with Gasteiger partial charge in [-0.3, -0.25) is 0 Å². The molecule has 1 atom stereocenters. The van der Waals surface area contributed by atoms with Gasteiger partial charge in [-0.1, -0.05) is 78.9 Å². The second kappa shape index (κ2) is 10.7. The van der Waals surface area contributed by atoms with Gasteiger partial charge >= 0.3 is 11.9 Å². The largest absolute Gasteiger partial charge is 0.463 e. The lowest BCUT2D eigenvalue weighted by molar-refractivity contribution is -0.142. The Balaban J connectivity index is 2.05. The molecule has 5 heteroatoms. The number of carbonyl (C=O) groups is 2. The van der Waals surface area contributed by atoms with Crippen molar-refractivity contribution in [3.63, 3.8) is 0 Å². The first-order valence-electron chi connectivity index (χ1n) is 11.4. The van der Waals surface area contributed by atoms with E-state index in [9.17, 15) is 9.59 Å². The van der Waals surface area contributed by atoms with Crippen molar-refractivity contribution in [2.75, 3.05) is 18.1 Å². The third kappa shape index (κ3) is 4.64. The molecule has 4 rings (SSSR count). The van der Waals surface area contributed by atoms with Crippen molar-refractivity contribution < 1.29 is 19.1 Å². The third-order valence-corrected chi connectivity index (χ3v) is 5.56. The van der Waals surface area contributed by atoms with Crippen molar-refractivity contribution in [1.82, 2.24) is 0 Å². The summed E-state index contributed by atoms with van der Waals surface area (Å²) in [4.78, 5) is 28.7. The highest BCUT2D eigenvalue weighted by molar-refractivity contribution is 6.09. The van der Waals surface area contributed by atoms with Crippen molar-refractivity contribution in [1.29, 1.82) is 0 Å². The molecule has 1 unspecified atom stereocenters. The standard InChI is InChI=1S/C29H27NO4/c1-3-33-28(31)26-24(21-14-8-5-9-15-21)20-25(22-16-10-6-11-17-22)30(23-18-12-7-13-19-23)27(26)29(32)34-4-2/h5-20,24H,3-4H2,1-2H3. The van der Waals surface area contributed by atoms with Crippen LogP contribution in [0.3, 0.4) is 0 Å². The van der Waals surface area contributed by atoms with Crippen molar-refractivity contribution in [2.45, 2.75) is 19.8 Å². The molecule has 0 amide bonds. The Labute approximate surface area is 199 Å². The normalized spacial score (nSPS) is 15.5. The molecule has 0 bridgehead atoms. The van der Waals surface area contributed by atoms with E-state index >= 15 is 0 Å². The summed E-state index contributed by atoms with van der Waals surface area (Å²) in [6, 6.07) is 29.0. The second-order valence-electron chi connectivity index (χ2n) is 7.68. The zero-order chi connectivity index (χ0) is 23.9. The van der Waals surface area contributed by atoms with Gasteiger partial charge in [0, 0.05) is 11.6 Å². The Hall–Kier alpha value is -4.12. The number of nitrogens with zero attached hydrogens (tertiary/aromatic N) is 1. The second-order valence-corrected chi connectivity index (χ2v) is 7.68. The van der Waals surface area contributed by atoms with E-state index in [0.717, 1.165) is 22.5 Å². The van der Waals surface area contributed by atoms with Crippen LogP contribution in [0.1, 0.15) is 30.9 Å². The fraction of sp³-hybridized carbons (Fsp3) is 0.172. The molecule has 3 aromatic carbocycles. The molecule has 0 N–H and O–H groups in total. The van der Waals surface area contributed by atoms with E-state index in [1.165, 1.54) is 0 Å². The maximum atomic E-state index is 13.5. The highest BCUT2D eigenvalue weighted by Crippen LogP contribution is 2.43. The van der Waals surface area contributed by atoms with Crippen LogP contribution in [0.15, 0.2) is 108 Å². The summed E-state index contributed by atoms with van der Waals surface area (Å²) in [5, 5.41) is 0. The molecule has 0 aliphatic carbocycles. The zero-order valence-electron chi connectivity index (χ0n) is 19.3. The maximum Gasteiger partial charge on any atom is 0.355 e. The Kier molecular flexibility index (Phi) is 7.23. The number of rotatable bonds is 7. The van der Waals surface area contributed by atoms with E-state index in [1.807, 2.05) is 97.1 Å². The number of allylic oxidation sites excluding steroid dienone is 1. The predicted octanol–water partition coefficient (Wildman–Crippen LogP) is 5.71. The summed E-state index contributed by atoms with van der Waals surface area (Å²) >= 11 is 0. The van der Waals surface area contributed by atoms with Crippen molar-refractivity contribution in [2.24, 2.45) is 0 Å². The first kappa shape index (κ1) is 23.1. The minimum absolute atomic E-state index is 0.168. The highest BCUT2D eigenvalue weighted by atomic mass is 16.5. The number of esters is 2. The summed E-state index contributed by atoms with van der Waals surface area (Å²) in [7, 11) is 0. The van der Waals surface area contributed by atoms with Crippen LogP contribution in [-0.4, -0.2) is 25.2 Å². The summed E-state index contributed by atoms with van der Waals surface area (Å²) < 4.78 is 10.9.